The summed E-state index contributed by atoms with van der Waals surface area (Å²) < 4.78 is 1.23. The molecule has 0 fully saturated rings. The number of nitrogens with one attached hydrogen (secondary N) is 1. The molecule has 0 bridgehead atoms. The molecule has 20 heavy (non-hydrogen) atoms. The van der Waals surface area contributed by atoms with E-state index in [2.05, 4.69) is 15.1 Å². The van der Waals surface area contributed by atoms with Crippen LogP contribution in [0.25, 0.3) is 0 Å². The first kappa shape index (κ1) is 13.8. The number of aryl methyl sites for hydroxylation is 1. The van der Waals surface area contributed by atoms with E-state index in [1.165, 1.54) is 24.0 Å². The average molecular weight is 295 g/mol. The molecule has 0 amide bonds. The van der Waals surface area contributed by atoms with Crippen LogP contribution in [0.1, 0.15) is 10.4 Å². The molecule has 0 saturated heterocycles. The third kappa shape index (κ3) is 2.54. The number of hydrogen-bond donors (Lipinski definition) is 3. The molecule has 0 radical (unpaired) electrons. The van der Waals surface area contributed by atoms with E-state index < -0.39 is 17.1 Å². The van der Waals surface area contributed by atoms with E-state index in [1.54, 1.807) is 0 Å². The fourth-order valence-electron chi connectivity index (χ4n) is 1.36. The van der Waals surface area contributed by atoms with E-state index in [0.717, 1.165) is 11.8 Å². The number of nitrogen functional groups attached to an aromatic ring is 1. The zero-order chi connectivity index (χ0) is 14.9. The van der Waals surface area contributed by atoms with Crippen molar-refractivity contribution < 1.29 is 9.90 Å². The number of carboxylic acid groups (broad SMARTS) is 1. The Morgan fingerprint density at radius 1 is 1.50 bits per heavy atom. The van der Waals surface area contributed by atoms with E-state index in [-0.39, 0.29) is 21.4 Å². The van der Waals surface area contributed by atoms with Gasteiger partial charge < -0.3 is 10.8 Å². The molecule has 0 unspecified atom stereocenters. The normalized spacial score (nSPS) is 10.4. The number of H-pyrrole nitrogens is 1. The molecule has 2 aromatic rings. The maximum atomic E-state index is 11.2. The molecule has 0 saturated carbocycles. The molecule has 0 aromatic carbocycles. The van der Waals surface area contributed by atoms with Crippen molar-refractivity contribution in [1.29, 1.82) is 0 Å². The first-order valence-corrected chi connectivity index (χ1v) is 6.04. The van der Waals surface area contributed by atoms with Gasteiger partial charge in [-0.15, -0.1) is 0 Å². The Balaban J connectivity index is 2.48. The number of aromatic amines is 1. The zero-order valence-corrected chi connectivity index (χ0v) is 11.0. The third-order valence-electron chi connectivity index (χ3n) is 2.32. The van der Waals surface area contributed by atoms with E-state index in [0.29, 0.717) is 0 Å². The van der Waals surface area contributed by atoms with Gasteiger partial charge in [-0.25, -0.2) is 9.78 Å². The maximum Gasteiger partial charge on any atom is 0.339 e. The molecule has 0 aliphatic rings. The predicted octanol–water partition coefficient (Wildman–Crippen LogP) is -0.705. The molecule has 0 spiro atoms. The van der Waals surface area contributed by atoms with Crippen LogP contribution in [-0.4, -0.2) is 30.8 Å². The Labute approximate surface area is 115 Å². The number of anilines is 1. The number of nitrogens with zero attached hydrogens (tertiary/aromatic N) is 3. The summed E-state index contributed by atoms with van der Waals surface area (Å²) in [5.41, 5.74) is 3.77. The fourth-order valence-corrected chi connectivity index (χ4v) is 2.18. The standard InChI is InChI=1S/C10H9N5O4S/c1-15-10(13-6(16)7(17)14-15)20-8-5(11)4(9(18)19)2-3-12-8/h2-3H,11H2,1H3,(H,14,17)(H,18,19). The maximum absolute atomic E-state index is 11.2. The summed E-state index contributed by atoms with van der Waals surface area (Å²) in [7, 11) is 1.48. The molecule has 0 aliphatic heterocycles. The minimum absolute atomic E-state index is 0.0366. The molecule has 0 aliphatic carbocycles. The minimum atomic E-state index is -1.19. The fraction of sp³-hybridized carbons (Fsp3) is 0.100. The Morgan fingerprint density at radius 3 is 2.85 bits per heavy atom. The molecule has 2 rings (SSSR count). The van der Waals surface area contributed by atoms with Crippen LogP contribution in [0.5, 0.6) is 0 Å². The van der Waals surface area contributed by atoms with Crippen molar-refractivity contribution in [3.05, 3.63) is 38.5 Å². The lowest BCUT2D eigenvalue weighted by molar-refractivity contribution is 0.0697. The van der Waals surface area contributed by atoms with Gasteiger partial charge in [-0.05, 0) is 17.8 Å². The molecule has 2 aromatic heterocycles. The lowest BCUT2D eigenvalue weighted by Crippen LogP contribution is -2.33. The van der Waals surface area contributed by atoms with Gasteiger partial charge in [0.1, 0.15) is 5.03 Å². The highest BCUT2D eigenvalue weighted by molar-refractivity contribution is 7.99. The highest BCUT2D eigenvalue weighted by Gasteiger charge is 2.15. The van der Waals surface area contributed by atoms with Crippen molar-refractivity contribution in [2.75, 3.05) is 5.73 Å². The highest BCUT2D eigenvalue weighted by atomic mass is 32.2. The summed E-state index contributed by atoms with van der Waals surface area (Å²) in [6.07, 6.45) is 1.28. The minimum Gasteiger partial charge on any atom is -0.478 e. The van der Waals surface area contributed by atoms with Crippen LogP contribution < -0.4 is 16.9 Å². The summed E-state index contributed by atoms with van der Waals surface area (Å²) in [4.78, 5) is 40.8. The predicted molar refractivity (Wildman–Crippen MR) is 69.8 cm³/mol. The second kappa shape index (κ2) is 5.17. The second-order valence-corrected chi connectivity index (χ2v) is 4.64. The van der Waals surface area contributed by atoms with Crippen molar-refractivity contribution in [2.45, 2.75) is 10.2 Å². The largest absolute Gasteiger partial charge is 0.478 e. The lowest BCUT2D eigenvalue weighted by Gasteiger charge is -2.08. The Kier molecular flexibility index (Phi) is 3.57. The van der Waals surface area contributed by atoms with Gasteiger partial charge in [0.15, 0.2) is 5.16 Å². The van der Waals surface area contributed by atoms with Crippen LogP contribution >= 0.6 is 11.8 Å². The van der Waals surface area contributed by atoms with Crippen LogP contribution in [0.15, 0.2) is 32.0 Å². The third-order valence-corrected chi connectivity index (χ3v) is 3.39. The molecule has 0 atom stereocenters. The number of hydrogen-bond acceptors (Lipinski definition) is 7. The summed E-state index contributed by atoms with van der Waals surface area (Å²) in [5.74, 6) is -1.19. The smallest absolute Gasteiger partial charge is 0.339 e. The van der Waals surface area contributed by atoms with E-state index in [1.807, 2.05) is 0 Å². The van der Waals surface area contributed by atoms with Gasteiger partial charge in [0.05, 0.1) is 11.3 Å². The molecule has 104 valence electrons. The van der Waals surface area contributed by atoms with Gasteiger partial charge in [0, 0.05) is 13.2 Å². The van der Waals surface area contributed by atoms with Crippen molar-refractivity contribution >= 4 is 23.4 Å². The summed E-state index contributed by atoms with van der Waals surface area (Å²) >= 11 is 0.878. The van der Waals surface area contributed by atoms with Crippen LogP contribution in [-0.2, 0) is 7.05 Å². The number of carbonyl (C=O) groups is 1. The van der Waals surface area contributed by atoms with Crippen molar-refractivity contribution in [1.82, 2.24) is 19.7 Å². The molecule has 2 heterocycles. The van der Waals surface area contributed by atoms with Crippen LogP contribution in [0.3, 0.4) is 0 Å². The van der Waals surface area contributed by atoms with Crippen molar-refractivity contribution in [3.63, 3.8) is 0 Å². The second-order valence-electron chi connectivity index (χ2n) is 3.68. The Bertz CT molecular complexity index is 797. The number of rotatable bonds is 3. The van der Waals surface area contributed by atoms with Gasteiger partial charge >= 0.3 is 17.1 Å². The van der Waals surface area contributed by atoms with Crippen LogP contribution in [0.2, 0.25) is 0 Å². The van der Waals surface area contributed by atoms with Crippen molar-refractivity contribution in [3.8, 4) is 0 Å². The average Bonchev–Trinajstić information content (AvgIpc) is 2.37. The SMILES string of the molecule is Cn1[nH]c(=O)c(=O)nc1Sc1nccc(C(=O)O)c1N. The van der Waals surface area contributed by atoms with E-state index in [4.69, 9.17) is 10.8 Å². The first-order valence-electron chi connectivity index (χ1n) is 5.23. The van der Waals surface area contributed by atoms with Gasteiger partial charge in [0.2, 0.25) is 0 Å². The topological polar surface area (TPSA) is 144 Å². The van der Waals surface area contributed by atoms with Gasteiger partial charge in [-0.2, -0.15) is 4.98 Å². The van der Waals surface area contributed by atoms with Crippen LogP contribution in [0, 0.1) is 0 Å². The van der Waals surface area contributed by atoms with Gasteiger partial charge in [-0.3, -0.25) is 19.4 Å². The van der Waals surface area contributed by atoms with E-state index >= 15 is 0 Å². The number of aromatic nitrogens is 4. The summed E-state index contributed by atoms with van der Waals surface area (Å²) in [6.45, 7) is 0. The molecule has 10 heteroatoms. The summed E-state index contributed by atoms with van der Waals surface area (Å²) in [5, 5.41) is 11.5. The van der Waals surface area contributed by atoms with E-state index in [9.17, 15) is 14.4 Å². The quantitative estimate of drug-likeness (QED) is 0.630. The number of pyridine rings is 1. The number of aromatic carboxylic acids is 1. The Morgan fingerprint density at radius 2 is 2.20 bits per heavy atom. The number of nitrogens with two attached hydrogens (primary N) is 1. The highest BCUT2D eigenvalue weighted by Crippen LogP contribution is 2.29. The van der Waals surface area contributed by atoms with Crippen LogP contribution in [0.4, 0.5) is 5.69 Å². The monoisotopic (exact) mass is 295 g/mol. The molecule has 9 nitrogen and oxygen atoms in total. The molecule has 4 N–H and O–H groups in total. The Hall–Kier alpha value is -2.62. The molecular formula is C10H9N5O4S. The lowest BCUT2D eigenvalue weighted by atomic mass is 10.2. The molecular weight excluding hydrogens is 286 g/mol. The first-order chi connectivity index (χ1) is 9.40. The van der Waals surface area contributed by atoms with Gasteiger partial charge in [0.25, 0.3) is 0 Å². The van der Waals surface area contributed by atoms with Gasteiger partial charge in [-0.1, -0.05) is 0 Å². The zero-order valence-electron chi connectivity index (χ0n) is 10.2. The number of carboxylic acids is 1. The summed E-state index contributed by atoms with van der Waals surface area (Å²) in [6, 6.07) is 1.26. The van der Waals surface area contributed by atoms with Crippen molar-refractivity contribution in [2.24, 2.45) is 7.05 Å².